The number of aromatic nitrogens is 1. The van der Waals surface area contributed by atoms with Crippen LogP contribution in [0.3, 0.4) is 0 Å². The lowest BCUT2D eigenvalue weighted by atomic mass is 9.33. The van der Waals surface area contributed by atoms with Crippen LogP contribution in [0.5, 0.6) is 0 Å². The third-order valence-electron chi connectivity index (χ3n) is 16.3. The summed E-state index contributed by atoms with van der Waals surface area (Å²) in [6.07, 6.45) is 19.1. The van der Waals surface area contributed by atoms with Gasteiger partial charge in [0.15, 0.2) is 0 Å². The Bertz CT molecular complexity index is 1690. The summed E-state index contributed by atoms with van der Waals surface area (Å²) in [5, 5.41) is 13.8. The highest BCUT2D eigenvalue weighted by Crippen LogP contribution is 2.76. The van der Waals surface area contributed by atoms with E-state index in [4.69, 9.17) is 0 Å². The number of nitrogens with zero attached hydrogens (tertiary/aromatic N) is 1. The molecule has 0 aliphatic heterocycles. The fourth-order valence-electron chi connectivity index (χ4n) is 13.6. The Morgan fingerprint density at radius 3 is 2.36 bits per heavy atom. The third kappa shape index (κ3) is 5.32. The van der Waals surface area contributed by atoms with E-state index in [1.807, 2.05) is 24.4 Å². The number of carboxylic acid groups (broad SMARTS) is 1. The summed E-state index contributed by atoms with van der Waals surface area (Å²) in [6, 6.07) is 13.9. The van der Waals surface area contributed by atoms with Crippen LogP contribution in [0.4, 0.5) is 0 Å². The van der Waals surface area contributed by atoms with Gasteiger partial charge in [-0.1, -0.05) is 82.7 Å². The molecule has 2 N–H and O–H groups in total. The van der Waals surface area contributed by atoms with E-state index in [9.17, 15) is 9.90 Å². The number of allylic oxidation sites excluding steroid dienone is 4. The number of hydrogen-bond donors (Lipinski definition) is 2. The molecule has 268 valence electrons. The van der Waals surface area contributed by atoms with Crippen molar-refractivity contribution in [2.24, 2.45) is 51.2 Å². The maximum absolute atomic E-state index is 11.6. The van der Waals surface area contributed by atoms with Gasteiger partial charge in [0.2, 0.25) is 0 Å². The lowest BCUT2D eigenvalue weighted by Gasteiger charge is -2.72. The van der Waals surface area contributed by atoms with Crippen LogP contribution >= 0.6 is 0 Å². The van der Waals surface area contributed by atoms with E-state index in [-0.39, 0.29) is 16.4 Å². The number of aromatic carboxylic acids is 1. The molecule has 4 fully saturated rings. The first-order chi connectivity index (χ1) is 23.7. The van der Waals surface area contributed by atoms with E-state index in [2.05, 4.69) is 89.6 Å². The third-order valence-corrected chi connectivity index (χ3v) is 16.3. The first-order valence-electron chi connectivity index (χ1n) is 19.7. The fourth-order valence-corrected chi connectivity index (χ4v) is 13.6. The van der Waals surface area contributed by atoms with Crippen molar-refractivity contribution in [3.05, 3.63) is 95.4 Å². The van der Waals surface area contributed by atoms with Gasteiger partial charge in [-0.15, -0.1) is 0 Å². The second kappa shape index (κ2) is 12.6. The molecular formula is C46H62N2O2. The first-order valence-corrected chi connectivity index (χ1v) is 19.7. The summed E-state index contributed by atoms with van der Waals surface area (Å²) < 4.78 is 0. The fraction of sp³-hybridized carbons (Fsp3) is 0.609. The Balaban J connectivity index is 1.17. The molecule has 2 aromatic rings. The monoisotopic (exact) mass is 674 g/mol. The molecule has 0 saturated heterocycles. The predicted molar refractivity (Wildman–Crippen MR) is 206 cm³/mol. The number of hydrogen-bond acceptors (Lipinski definition) is 3. The summed E-state index contributed by atoms with van der Waals surface area (Å²) in [5.41, 5.74) is 8.00. The average molecular weight is 675 g/mol. The van der Waals surface area contributed by atoms with Crippen molar-refractivity contribution in [2.45, 2.75) is 118 Å². The number of carbonyl (C=O) groups is 1. The lowest BCUT2D eigenvalue weighted by Crippen LogP contribution is -2.68. The highest BCUT2D eigenvalue weighted by Gasteiger charge is 2.70. The van der Waals surface area contributed by atoms with Gasteiger partial charge in [-0.25, -0.2) is 4.79 Å². The van der Waals surface area contributed by atoms with E-state index in [1.54, 1.807) is 12.1 Å². The van der Waals surface area contributed by atoms with Crippen molar-refractivity contribution in [3.63, 3.8) is 0 Å². The highest BCUT2D eigenvalue weighted by atomic mass is 16.4. The van der Waals surface area contributed by atoms with Gasteiger partial charge >= 0.3 is 5.97 Å². The van der Waals surface area contributed by atoms with E-state index in [0.29, 0.717) is 46.0 Å². The minimum Gasteiger partial charge on any atom is -0.478 e. The number of carboxylic acids is 1. The predicted octanol–water partition coefficient (Wildman–Crippen LogP) is 11.0. The maximum Gasteiger partial charge on any atom is 0.335 e. The van der Waals surface area contributed by atoms with Crippen LogP contribution in [0.15, 0.2) is 78.5 Å². The quantitative estimate of drug-likeness (QED) is 0.274. The van der Waals surface area contributed by atoms with Gasteiger partial charge in [-0.2, -0.15) is 0 Å². The van der Waals surface area contributed by atoms with Crippen LogP contribution < -0.4 is 5.32 Å². The SMILES string of the molecule is C=C(C)[C@@H]1CC[C@]2(NC/C(=C/C)Cc3ccccn3)CC[C@]3(C)[C@H](CC[C@H]4C3(C)CC[C@H]3C(C)(C)C(c5ccc(C(=O)O)cc5)=CC[C@@]34C)[C@@H]12. The zero-order valence-electron chi connectivity index (χ0n) is 31.9. The van der Waals surface area contributed by atoms with Crippen molar-refractivity contribution >= 4 is 11.5 Å². The Hall–Kier alpha value is -2.98. The van der Waals surface area contributed by atoms with Crippen LogP contribution in [0.25, 0.3) is 5.57 Å². The molecule has 4 heteroatoms. The standard InChI is InChI=1S/C46H62N2O2/c1-9-31(28-34-12-10-11-27-47-34)29-48-46-24-19-35(30(2)3)40(46)37-17-18-39-43(6)22-20-36(32-13-15-33(16-14-32)41(49)50)42(4,5)38(43)21-23-45(39,8)44(37,7)25-26-46/h9-16,20,27,35,37-40,48H,2,17-19,21-26,28-29H2,1,3-8H3,(H,49,50)/b31-9+/t35-,37+,38-,39+,40+,43-,44+,45?,46-/m0/s1. The van der Waals surface area contributed by atoms with Gasteiger partial charge in [0.05, 0.1) is 5.56 Å². The minimum absolute atomic E-state index is 0.0265. The maximum atomic E-state index is 11.6. The summed E-state index contributed by atoms with van der Waals surface area (Å²) in [6.45, 7) is 23.2. The Kier molecular flexibility index (Phi) is 8.93. The van der Waals surface area contributed by atoms with Crippen molar-refractivity contribution < 1.29 is 9.90 Å². The topological polar surface area (TPSA) is 62.2 Å². The molecule has 1 aromatic carbocycles. The van der Waals surface area contributed by atoms with Crippen LogP contribution in [0, 0.1) is 51.2 Å². The molecule has 5 aliphatic carbocycles. The number of nitrogens with one attached hydrogen (secondary N) is 1. The average Bonchev–Trinajstić information content (AvgIpc) is 3.47. The Morgan fingerprint density at radius 1 is 0.940 bits per heavy atom. The lowest BCUT2D eigenvalue weighted by molar-refractivity contribution is -0.219. The van der Waals surface area contributed by atoms with E-state index in [1.165, 1.54) is 73.6 Å². The molecule has 0 spiro atoms. The molecular weight excluding hydrogens is 613 g/mol. The zero-order chi connectivity index (χ0) is 35.7. The van der Waals surface area contributed by atoms with Crippen molar-refractivity contribution in [3.8, 4) is 0 Å². The van der Waals surface area contributed by atoms with Crippen LogP contribution in [-0.4, -0.2) is 28.1 Å². The summed E-state index contributed by atoms with van der Waals surface area (Å²) in [4.78, 5) is 16.2. The second-order valence-corrected chi connectivity index (χ2v) is 18.6. The number of pyridine rings is 1. The molecule has 1 aromatic heterocycles. The normalized spacial score (nSPS) is 39.0. The van der Waals surface area contributed by atoms with Crippen molar-refractivity contribution in [1.29, 1.82) is 0 Å². The van der Waals surface area contributed by atoms with Crippen LogP contribution in [0.1, 0.15) is 128 Å². The molecule has 4 nitrogen and oxygen atoms in total. The molecule has 4 saturated carbocycles. The number of fused-ring (bicyclic) bond motifs is 7. The number of benzene rings is 1. The van der Waals surface area contributed by atoms with Crippen molar-refractivity contribution in [1.82, 2.24) is 10.3 Å². The molecule has 50 heavy (non-hydrogen) atoms. The van der Waals surface area contributed by atoms with E-state index in [0.717, 1.165) is 25.1 Å². The Labute approximate surface area is 302 Å². The van der Waals surface area contributed by atoms with E-state index >= 15 is 0 Å². The molecule has 1 unspecified atom stereocenters. The molecule has 5 aliphatic rings. The first kappa shape index (κ1) is 35.4. The number of rotatable bonds is 8. The molecule has 0 bridgehead atoms. The van der Waals surface area contributed by atoms with Gasteiger partial charge < -0.3 is 10.4 Å². The van der Waals surface area contributed by atoms with E-state index < -0.39 is 5.97 Å². The van der Waals surface area contributed by atoms with Gasteiger partial charge in [0.1, 0.15) is 0 Å². The highest BCUT2D eigenvalue weighted by molar-refractivity contribution is 5.88. The van der Waals surface area contributed by atoms with Gasteiger partial charge in [-0.3, -0.25) is 4.98 Å². The van der Waals surface area contributed by atoms with Gasteiger partial charge in [-0.05, 0) is 158 Å². The summed E-state index contributed by atoms with van der Waals surface area (Å²) in [7, 11) is 0. The second-order valence-electron chi connectivity index (χ2n) is 18.6. The van der Waals surface area contributed by atoms with Crippen molar-refractivity contribution in [2.75, 3.05) is 6.54 Å². The van der Waals surface area contributed by atoms with Crippen LogP contribution in [0.2, 0.25) is 0 Å². The molecule has 7 rings (SSSR count). The molecule has 9 atom stereocenters. The molecule has 1 heterocycles. The smallest absolute Gasteiger partial charge is 0.335 e. The zero-order valence-corrected chi connectivity index (χ0v) is 31.9. The molecule has 0 radical (unpaired) electrons. The Morgan fingerprint density at radius 2 is 1.70 bits per heavy atom. The van der Waals surface area contributed by atoms with Gasteiger partial charge in [0.25, 0.3) is 0 Å². The minimum atomic E-state index is -0.859. The van der Waals surface area contributed by atoms with Crippen LogP contribution in [-0.2, 0) is 6.42 Å². The summed E-state index contributed by atoms with van der Waals surface area (Å²) >= 11 is 0. The largest absolute Gasteiger partial charge is 0.478 e. The summed E-state index contributed by atoms with van der Waals surface area (Å²) in [5.74, 6) is 2.37. The molecule has 0 amide bonds. The van der Waals surface area contributed by atoms with Gasteiger partial charge in [0, 0.05) is 30.4 Å².